The minimum Gasteiger partial charge on any atom is -0.488 e. The Balaban J connectivity index is 0.868. The summed E-state index contributed by atoms with van der Waals surface area (Å²) in [5.74, 6) is 1.91. The summed E-state index contributed by atoms with van der Waals surface area (Å²) in [6, 6.07) is 18.4. The Morgan fingerprint density at radius 1 is 0.806 bits per heavy atom. The minimum absolute atomic E-state index is 0.00553. The monoisotopic (exact) mass is 836 g/mol. The topological polar surface area (TPSA) is 175 Å². The molecule has 2 aromatic heterocycles. The highest BCUT2D eigenvalue weighted by molar-refractivity contribution is 5.91. The zero-order valence-electron chi connectivity index (χ0n) is 35.3. The Hall–Kier alpha value is -6.44. The van der Waals surface area contributed by atoms with E-state index in [2.05, 4.69) is 50.9 Å². The van der Waals surface area contributed by atoms with Gasteiger partial charge in [-0.2, -0.15) is 0 Å². The van der Waals surface area contributed by atoms with Gasteiger partial charge in [0.25, 0.3) is 0 Å². The Bertz CT molecular complexity index is 2560. The number of methoxy groups -OCH3 is 1. The van der Waals surface area contributed by atoms with Crippen LogP contribution < -0.4 is 15.4 Å². The van der Waals surface area contributed by atoms with Crippen LogP contribution in [-0.2, 0) is 38.6 Å². The standard InChI is InChI=1S/C48H52N8O6/c1-26(2)40(54-48(60)61-3)46(58)56-20-8-12-38(56)44-50-35-18-16-29-22-34-32-17-15-30(21-31(32)25-62-39(34)23-33(29)42(35)52-44)36-24-49-43(51-36)37-11-7-19-55(37)47(59)41(27-9-5-4-6-10-27)53-45(57)28-13-14-28/h4-6,9-10,15,17,21-24,26,28,37-38,40-41H,7-8,11-14,16,18-20,25H2,1-3H3,(H,49,51)(H,50,52)(H,53,57)(H,54,60)/t37-,38-,40-,41+/m0/s1. The molecule has 2 aliphatic carbocycles. The van der Waals surface area contributed by atoms with Crippen LogP contribution >= 0.6 is 0 Å². The largest absolute Gasteiger partial charge is 0.488 e. The molecule has 62 heavy (non-hydrogen) atoms. The summed E-state index contributed by atoms with van der Waals surface area (Å²) in [4.78, 5) is 73.8. The molecule has 4 amide bonds. The molecule has 1 saturated carbocycles. The summed E-state index contributed by atoms with van der Waals surface area (Å²) in [6.45, 7) is 5.43. The van der Waals surface area contributed by atoms with Crippen LogP contribution in [0.25, 0.3) is 33.6 Å². The molecule has 5 aromatic rings. The smallest absolute Gasteiger partial charge is 0.407 e. The van der Waals surface area contributed by atoms with Crippen molar-refractivity contribution in [2.24, 2.45) is 11.8 Å². The lowest BCUT2D eigenvalue weighted by atomic mass is 9.86. The molecule has 3 aliphatic heterocycles. The van der Waals surface area contributed by atoms with Crippen LogP contribution in [0.5, 0.6) is 5.75 Å². The van der Waals surface area contributed by atoms with Crippen molar-refractivity contribution >= 4 is 23.8 Å². The van der Waals surface area contributed by atoms with E-state index in [0.29, 0.717) is 19.7 Å². The van der Waals surface area contributed by atoms with Crippen molar-refractivity contribution in [1.29, 1.82) is 0 Å². The average molecular weight is 837 g/mol. The van der Waals surface area contributed by atoms with Gasteiger partial charge in [0.05, 0.1) is 36.8 Å². The molecule has 0 bridgehead atoms. The van der Waals surface area contributed by atoms with Crippen molar-refractivity contribution in [1.82, 2.24) is 40.4 Å². The number of nitrogens with one attached hydrogen (secondary N) is 4. The highest BCUT2D eigenvalue weighted by Crippen LogP contribution is 2.46. The third-order valence-corrected chi connectivity index (χ3v) is 13.3. The molecule has 14 nitrogen and oxygen atoms in total. The molecule has 5 heterocycles. The van der Waals surface area contributed by atoms with Gasteiger partial charge in [0.1, 0.15) is 36.1 Å². The average Bonchev–Trinajstić information content (AvgIpc) is 3.70. The maximum atomic E-state index is 14.2. The summed E-state index contributed by atoms with van der Waals surface area (Å²) < 4.78 is 11.3. The van der Waals surface area contributed by atoms with Crippen LogP contribution in [0.15, 0.2) is 66.9 Å². The molecular formula is C48H52N8O6. The van der Waals surface area contributed by atoms with Gasteiger partial charge in [-0.1, -0.05) is 56.3 Å². The van der Waals surface area contributed by atoms with Gasteiger partial charge in [0, 0.05) is 35.8 Å². The van der Waals surface area contributed by atoms with Crippen molar-refractivity contribution in [3.05, 3.63) is 101 Å². The molecule has 14 heteroatoms. The number of aromatic nitrogens is 4. The number of aryl methyl sites for hydroxylation is 2. The maximum absolute atomic E-state index is 14.2. The highest BCUT2D eigenvalue weighted by atomic mass is 16.5. The van der Waals surface area contributed by atoms with E-state index >= 15 is 0 Å². The molecule has 0 radical (unpaired) electrons. The first-order valence-electron chi connectivity index (χ1n) is 22.0. The molecule has 4 atom stereocenters. The fourth-order valence-electron chi connectivity index (χ4n) is 9.80. The fraction of sp³-hybridized carbons (Fsp3) is 0.417. The first-order chi connectivity index (χ1) is 30.1. The summed E-state index contributed by atoms with van der Waals surface area (Å²) in [5.41, 5.74) is 10.1. The number of amides is 4. The van der Waals surface area contributed by atoms with E-state index in [4.69, 9.17) is 19.4 Å². The second kappa shape index (κ2) is 16.1. The third kappa shape index (κ3) is 7.28. The van der Waals surface area contributed by atoms with E-state index < -0.39 is 18.2 Å². The fourth-order valence-corrected chi connectivity index (χ4v) is 9.80. The van der Waals surface area contributed by atoms with Crippen LogP contribution in [0.3, 0.4) is 0 Å². The van der Waals surface area contributed by atoms with Crippen molar-refractivity contribution in [2.75, 3.05) is 20.2 Å². The quantitative estimate of drug-likeness (QED) is 0.115. The van der Waals surface area contributed by atoms with Gasteiger partial charge in [-0.15, -0.1) is 0 Å². The van der Waals surface area contributed by atoms with Gasteiger partial charge in [-0.3, -0.25) is 14.4 Å². The summed E-state index contributed by atoms with van der Waals surface area (Å²) in [7, 11) is 1.30. The lowest BCUT2D eigenvalue weighted by molar-refractivity contribution is -0.138. The zero-order valence-corrected chi connectivity index (χ0v) is 35.3. The van der Waals surface area contributed by atoms with E-state index in [1.807, 2.05) is 60.2 Å². The predicted octanol–water partition coefficient (Wildman–Crippen LogP) is 7.10. The van der Waals surface area contributed by atoms with Gasteiger partial charge < -0.3 is 39.9 Å². The normalized spacial score (nSPS) is 19.7. The van der Waals surface area contributed by atoms with Crippen molar-refractivity contribution < 1.29 is 28.7 Å². The molecule has 2 saturated heterocycles. The Morgan fingerprint density at radius 3 is 2.31 bits per heavy atom. The lowest BCUT2D eigenvalue weighted by Crippen LogP contribution is -2.51. The van der Waals surface area contributed by atoms with Crippen LogP contribution in [0.4, 0.5) is 4.79 Å². The number of hydrogen-bond donors (Lipinski definition) is 4. The molecule has 5 aliphatic rings. The van der Waals surface area contributed by atoms with Gasteiger partial charge in [0.15, 0.2) is 0 Å². The Labute approximate surface area is 360 Å². The number of nitrogens with zero attached hydrogens (tertiary/aromatic N) is 4. The summed E-state index contributed by atoms with van der Waals surface area (Å²) in [5, 5.41) is 5.79. The van der Waals surface area contributed by atoms with E-state index in [1.165, 1.54) is 12.7 Å². The molecule has 3 aromatic carbocycles. The van der Waals surface area contributed by atoms with Crippen LogP contribution in [0.2, 0.25) is 0 Å². The number of aromatic amines is 2. The Morgan fingerprint density at radius 2 is 1.56 bits per heavy atom. The molecule has 0 spiro atoms. The SMILES string of the molecule is COC(=O)N[C@H](C(=O)N1CCC[C@H]1c1nc2c([nH]1)CCc1cc3c(cc1-2)OCc1cc(-c2cnc([C@@H]4CCCN4C(=O)[C@H](NC(=O)C4CC4)c4ccccc4)[nH]2)ccc1-3)C(C)C. The summed E-state index contributed by atoms with van der Waals surface area (Å²) >= 11 is 0. The molecule has 10 rings (SSSR count). The molecule has 3 fully saturated rings. The van der Waals surface area contributed by atoms with Crippen LogP contribution in [0.1, 0.15) is 105 Å². The number of hydrogen-bond acceptors (Lipinski definition) is 8. The lowest BCUT2D eigenvalue weighted by Gasteiger charge is -2.30. The van der Waals surface area contributed by atoms with Crippen molar-refractivity contribution in [3.8, 4) is 39.4 Å². The van der Waals surface area contributed by atoms with Gasteiger partial charge in [-0.25, -0.2) is 14.8 Å². The number of ether oxygens (including phenoxy) is 2. The third-order valence-electron chi connectivity index (χ3n) is 13.3. The zero-order chi connectivity index (χ0) is 42.6. The first kappa shape index (κ1) is 39.7. The van der Waals surface area contributed by atoms with Crippen LogP contribution in [-0.4, -0.2) is 79.8 Å². The number of fused-ring (bicyclic) bond motifs is 6. The number of benzene rings is 3. The Kier molecular flexibility index (Phi) is 10.3. The van der Waals surface area contributed by atoms with Crippen LogP contribution in [0, 0.1) is 11.8 Å². The second-order valence-corrected chi connectivity index (χ2v) is 17.7. The minimum atomic E-state index is -0.741. The van der Waals surface area contributed by atoms with E-state index in [9.17, 15) is 19.2 Å². The van der Waals surface area contributed by atoms with E-state index in [-0.39, 0.29) is 41.6 Å². The van der Waals surface area contributed by atoms with Gasteiger partial charge in [-0.05, 0) is 103 Å². The number of imidazole rings is 2. The van der Waals surface area contributed by atoms with E-state index in [0.717, 1.165) is 119 Å². The predicted molar refractivity (Wildman–Crippen MR) is 230 cm³/mol. The number of alkyl carbamates (subject to hydrolysis) is 1. The number of carbonyl (C=O) groups is 4. The summed E-state index contributed by atoms with van der Waals surface area (Å²) in [6.07, 6.45) is 7.87. The van der Waals surface area contributed by atoms with E-state index in [1.54, 1.807) is 0 Å². The highest BCUT2D eigenvalue weighted by Gasteiger charge is 2.41. The number of rotatable bonds is 10. The number of H-pyrrole nitrogens is 2. The van der Waals surface area contributed by atoms with Crippen molar-refractivity contribution in [2.45, 2.75) is 96.0 Å². The second-order valence-electron chi connectivity index (χ2n) is 17.7. The number of likely N-dealkylation sites (tertiary alicyclic amines) is 2. The molecule has 0 unspecified atom stereocenters. The molecular weight excluding hydrogens is 785 g/mol. The first-order valence-corrected chi connectivity index (χ1v) is 22.0. The number of carbonyl (C=O) groups excluding carboxylic acids is 4. The molecule has 320 valence electrons. The maximum Gasteiger partial charge on any atom is 0.407 e. The van der Waals surface area contributed by atoms with Gasteiger partial charge >= 0.3 is 6.09 Å². The van der Waals surface area contributed by atoms with Gasteiger partial charge in [0.2, 0.25) is 17.7 Å². The molecule has 4 N–H and O–H groups in total. The van der Waals surface area contributed by atoms with Crippen molar-refractivity contribution in [3.63, 3.8) is 0 Å².